The lowest BCUT2D eigenvalue weighted by molar-refractivity contribution is 0.404. The van der Waals surface area contributed by atoms with E-state index in [1.807, 2.05) is 18.2 Å². The van der Waals surface area contributed by atoms with Gasteiger partial charge in [-0.05, 0) is 29.8 Å². The molecule has 2 aromatic carbocycles. The van der Waals surface area contributed by atoms with Crippen LogP contribution in [-0.2, 0) is 16.6 Å². The molecule has 3 nitrogen and oxygen atoms in total. The molecule has 2 aromatic rings. The average Bonchev–Trinajstić information content (AvgIpc) is 2.43. The van der Waals surface area contributed by atoms with E-state index in [0.29, 0.717) is 27.1 Å². The summed E-state index contributed by atoms with van der Waals surface area (Å²) in [5.74, 6) is 1.00. The molecule has 1 unspecified atom stereocenters. The molecule has 0 aliphatic rings. The maximum Gasteiger partial charge on any atom is 0.134 e. The van der Waals surface area contributed by atoms with E-state index in [0.717, 1.165) is 5.56 Å². The van der Waals surface area contributed by atoms with Crippen molar-refractivity contribution in [2.45, 2.75) is 10.6 Å². The fourth-order valence-electron chi connectivity index (χ4n) is 1.72. The van der Waals surface area contributed by atoms with E-state index < -0.39 is 10.8 Å². The Morgan fingerprint density at radius 3 is 2.68 bits per heavy atom. The summed E-state index contributed by atoms with van der Waals surface area (Å²) in [6, 6.07) is 12.6. The molecule has 0 aliphatic heterocycles. The Bertz CT molecular complexity index is 616. The molecule has 5 heteroatoms. The lowest BCUT2D eigenvalue weighted by Crippen LogP contribution is -2.00. The van der Waals surface area contributed by atoms with Crippen LogP contribution in [0.1, 0.15) is 5.56 Å². The third-order valence-electron chi connectivity index (χ3n) is 2.67. The normalized spacial score (nSPS) is 12.1. The summed E-state index contributed by atoms with van der Waals surface area (Å²) in [6.07, 6.45) is 0. The molecule has 0 fully saturated rings. The standard InChI is InChI=1S/C14H14ClNO2S/c1-18-13-4-2-3-5-14(13)19(17)9-10-6-7-11(15)12(16)8-10/h2-8H,9,16H2,1H3. The van der Waals surface area contributed by atoms with Crippen LogP contribution in [0, 0.1) is 0 Å². The van der Waals surface area contributed by atoms with Gasteiger partial charge >= 0.3 is 0 Å². The maximum absolute atomic E-state index is 12.3. The summed E-state index contributed by atoms with van der Waals surface area (Å²) in [5.41, 5.74) is 7.11. The molecule has 0 aliphatic carbocycles. The van der Waals surface area contributed by atoms with Gasteiger partial charge in [-0.1, -0.05) is 29.8 Å². The number of para-hydroxylation sites is 1. The van der Waals surface area contributed by atoms with Gasteiger partial charge in [0.15, 0.2) is 0 Å². The third-order valence-corrected chi connectivity index (χ3v) is 4.44. The van der Waals surface area contributed by atoms with E-state index in [1.165, 1.54) is 0 Å². The first kappa shape index (κ1) is 13.9. The summed E-state index contributed by atoms with van der Waals surface area (Å²) < 4.78 is 17.6. The zero-order chi connectivity index (χ0) is 13.8. The number of nitrogens with two attached hydrogens (primary N) is 1. The molecule has 0 amide bonds. The lowest BCUT2D eigenvalue weighted by Gasteiger charge is -2.08. The molecule has 0 bridgehead atoms. The molecule has 0 radical (unpaired) electrons. The fraction of sp³-hybridized carbons (Fsp3) is 0.143. The van der Waals surface area contributed by atoms with E-state index in [-0.39, 0.29) is 0 Å². The van der Waals surface area contributed by atoms with Crippen LogP contribution in [0.15, 0.2) is 47.4 Å². The maximum atomic E-state index is 12.3. The van der Waals surface area contributed by atoms with Gasteiger partial charge in [0.25, 0.3) is 0 Å². The Morgan fingerprint density at radius 1 is 1.26 bits per heavy atom. The number of rotatable bonds is 4. The molecule has 0 saturated carbocycles. The van der Waals surface area contributed by atoms with Crippen molar-refractivity contribution in [1.29, 1.82) is 0 Å². The summed E-state index contributed by atoms with van der Waals surface area (Å²) in [6.45, 7) is 0. The smallest absolute Gasteiger partial charge is 0.134 e. The number of halogens is 1. The van der Waals surface area contributed by atoms with Gasteiger partial charge in [-0.2, -0.15) is 0 Å². The molecule has 1 atom stereocenters. The molecule has 2 rings (SSSR count). The van der Waals surface area contributed by atoms with E-state index in [9.17, 15) is 4.21 Å². The zero-order valence-electron chi connectivity index (χ0n) is 10.4. The molecule has 0 aromatic heterocycles. The molecule has 0 saturated heterocycles. The van der Waals surface area contributed by atoms with E-state index in [4.69, 9.17) is 22.1 Å². The van der Waals surface area contributed by atoms with Crippen molar-refractivity contribution in [2.24, 2.45) is 0 Å². The number of ether oxygens (including phenoxy) is 1. The first-order valence-electron chi connectivity index (χ1n) is 5.67. The molecule has 100 valence electrons. The van der Waals surface area contributed by atoms with Crippen LogP contribution in [-0.4, -0.2) is 11.3 Å². The summed E-state index contributed by atoms with van der Waals surface area (Å²) in [7, 11) is 0.381. The third kappa shape index (κ3) is 3.28. The highest BCUT2D eigenvalue weighted by molar-refractivity contribution is 7.84. The molecule has 0 heterocycles. The van der Waals surface area contributed by atoms with Crippen molar-refractivity contribution in [2.75, 3.05) is 12.8 Å². The number of benzene rings is 2. The van der Waals surface area contributed by atoms with Crippen molar-refractivity contribution < 1.29 is 8.95 Å². The first-order chi connectivity index (χ1) is 9.11. The van der Waals surface area contributed by atoms with Gasteiger partial charge in [-0.3, -0.25) is 4.21 Å². The van der Waals surface area contributed by atoms with Gasteiger partial charge < -0.3 is 10.5 Å². The van der Waals surface area contributed by atoms with Crippen LogP contribution in [0.25, 0.3) is 0 Å². The highest BCUT2D eigenvalue weighted by atomic mass is 35.5. The minimum Gasteiger partial charge on any atom is -0.495 e. The van der Waals surface area contributed by atoms with Crippen LogP contribution in [0.4, 0.5) is 5.69 Å². The second-order valence-corrected chi connectivity index (χ2v) is 5.82. The monoisotopic (exact) mass is 295 g/mol. The fourth-order valence-corrected chi connectivity index (χ4v) is 3.08. The molecular formula is C14H14ClNO2S. The topological polar surface area (TPSA) is 52.3 Å². The van der Waals surface area contributed by atoms with Crippen molar-refractivity contribution >= 4 is 28.1 Å². The van der Waals surface area contributed by atoms with Gasteiger partial charge in [0.1, 0.15) is 5.75 Å². The van der Waals surface area contributed by atoms with Crippen LogP contribution in [0.5, 0.6) is 5.75 Å². The highest BCUT2D eigenvalue weighted by Crippen LogP contribution is 2.25. The Hall–Kier alpha value is -1.52. The largest absolute Gasteiger partial charge is 0.495 e. The Balaban J connectivity index is 2.23. The number of anilines is 1. The second-order valence-electron chi connectivity index (χ2n) is 4.00. The Labute approximate surface area is 119 Å². The minimum atomic E-state index is -1.18. The van der Waals surface area contributed by atoms with Gasteiger partial charge in [0, 0.05) is 0 Å². The summed E-state index contributed by atoms with van der Waals surface area (Å²) >= 11 is 5.86. The van der Waals surface area contributed by atoms with E-state index in [2.05, 4.69) is 0 Å². The minimum absolute atomic E-state index is 0.377. The Kier molecular flexibility index (Phi) is 4.45. The number of nitrogen functional groups attached to an aromatic ring is 1. The van der Waals surface area contributed by atoms with Gasteiger partial charge in [-0.25, -0.2) is 0 Å². The van der Waals surface area contributed by atoms with E-state index >= 15 is 0 Å². The predicted octanol–water partition coefficient (Wildman–Crippen LogP) is 3.24. The lowest BCUT2D eigenvalue weighted by atomic mass is 10.2. The second kappa shape index (κ2) is 6.08. The van der Waals surface area contributed by atoms with Crippen molar-refractivity contribution in [3.8, 4) is 5.75 Å². The quantitative estimate of drug-likeness (QED) is 0.881. The van der Waals surface area contributed by atoms with Crippen molar-refractivity contribution in [1.82, 2.24) is 0 Å². The summed E-state index contributed by atoms with van der Waals surface area (Å²) in [5, 5.41) is 0.506. The van der Waals surface area contributed by atoms with Gasteiger partial charge in [0.2, 0.25) is 0 Å². The van der Waals surface area contributed by atoms with Crippen molar-refractivity contribution in [3.63, 3.8) is 0 Å². The zero-order valence-corrected chi connectivity index (χ0v) is 12.0. The van der Waals surface area contributed by atoms with Gasteiger partial charge in [-0.15, -0.1) is 0 Å². The first-order valence-corrected chi connectivity index (χ1v) is 7.37. The predicted molar refractivity (Wildman–Crippen MR) is 79.0 cm³/mol. The van der Waals surface area contributed by atoms with Crippen LogP contribution in [0.3, 0.4) is 0 Å². The Morgan fingerprint density at radius 2 is 2.00 bits per heavy atom. The number of hydrogen-bond donors (Lipinski definition) is 1. The van der Waals surface area contributed by atoms with Gasteiger partial charge in [0.05, 0.1) is 39.3 Å². The highest BCUT2D eigenvalue weighted by Gasteiger charge is 2.11. The molecule has 2 N–H and O–H groups in total. The average molecular weight is 296 g/mol. The van der Waals surface area contributed by atoms with Crippen LogP contribution in [0.2, 0.25) is 5.02 Å². The number of methoxy groups -OCH3 is 1. The van der Waals surface area contributed by atoms with E-state index in [1.54, 1.807) is 31.4 Å². The summed E-state index contributed by atoms with van der Waals surface area (Å²) in [4.78, 5) is 0.679. The molecule has 19 heavy (non-hydrogen) atoms. The van der Waals surface area contributed by atoms with Crippen LogP contribution < -0.4 is 10.5 Å². The van der Waals surface area contributed by atoms with Crippen LogP contribution >= 0.6 is 11.6 Å². The molecule has 0 spiro atoms. The SMILES string of the molecule is COc1ccccc1S(=O)Cc1ccc(Cl)c(N)c1. The van der Waals surface area contributed by atoms with Crippen molar-refractivity contribution in [3.05, 3.63) is 53.1 Å². The molecular weight excluding hydrogens is 282 g/mol. The number of hydrogen-bond acceptors (Lipinski definition) is 3.